The zero-order chi connectivity index (χ0) is 7.84. The van der Waals surface area contributed by atoms with Crippen LogP contribution in [0.25, 0.3) is 0 Å². The quantitative estimate of drug-likeness (QED) is 0.613. The summed E-state index contributed by atoms with van der Waals surface area (Å²) < 4.78 is 1.78. The van der Waals surface area contributed by atoms with E-state index in [2.05, 4.69) is 4.99 Å². The van der Waals surface area contributed by atoms with Crippen LogP contribution in [0.1, 0.15) is 10.5 Å². The molecule has 1 aliphatic rings. The van der Waals surface area contributed by atoms with E-state index in [0.29, 0.717) is 12.2 Å². The number of hydrogen-bond acceptors (Lipinski definition) is 2. The molecule has 0 saturated carbocycles. The van der Waals surface area contributed by atoms with Crippen LogP contribution in [-0.4, -0.2) is 16.7 Å². The summed E-state index contributed by atoms with van der Waals surface area (Å²) in [7, 11) is 0. The molecule has 0 spiro atoms. The fourth-order valence-corrected chi connectivity index (χ4v) is 1.19. The normalized spacial score (nSPS) is 13.5. The van der Waals surface area contributed by atoms with Gasteiger partial charge < -0.3 is 10.3 Å². The summed E-state index contributed by atoms with van der Waals surface area (Å²) in [5, 5.41) is 0. The van der Waals surface area contributed by atoms with Crippen molar-refractivity contribution < 1.29 is 4.79 Å². The molecule has 1 aromatic rings. The lowest BCUT2D eigenvalue weighted by molar-refractivity contribution is 0.0992. The first kappa shape index (κ1) is 6.15. The molecular weight excluding hydrogens is 142 g/mol. The molecule has 56 valence electrons. The van der Waals surface area contributed by atoms with E-state index in [-0.39, 0.29) is 0 Å². The van der Waals surface area contributed by atoms with Crippen molar-refractivity contribution >= 4 is 17.9 Å². The monoisotopic (exact) mass is 149 g/mol. The number of fused-ring (bicyclic) bond motifs is 1. The third-order valence-electron chi connectivity index (χ3n) is 1.70. The molecule has 0 aromatic carbocycles. The average Bonchev–Trinajstić information content (AvgIpc) is 2.41. The highest BCUT2D eigenvalue weighted by molar-refractivity contribution is 5.93. The second-order valence-electron chi connectivity index (χ2n) is 2.36. The zero-order valence-corrected chi connectivity index (χ0v) is 5.82. The van der Waals surface area contributed by atoms with E-state index in [9.17, 15) is 4.79 Å². The molecule has 0 saturated heterocycles. The summed E-state index contributed by atoms with van der Waals surface area (Å²) in [6.07, 6.45) is 1.75. The first-order valence-corrected chi connectivity index (χ1v) is 3.31. The number of aliphatic imine (C=N–C) groups is 1. The lowest BCUT2D eigenvalue weighted by atomic mass is 10.4. The molecule has 1 aliphatic heterocycles. The van der Waals surface area contributed by atoms with E-state index in [4.69, 9.17) is 5.73 Å². The van der Waals surface area contributed by atoms with Crippen molar-refractivity contribution in [1.82, 2.24) is 4.57 Å². The van der Waals surface area contributed by atoms with Gasteiger partial charge in [0.1, 0.15) is 11.5 Å². The highest BCUT2D eigenvalue weighted by Crippen LogP contribution is 2.20. The second kappa shape index (κ2) is 1.95. The van der Waals surface area contributed by atoms with Gasteiger partial charge in [0, 0.05) is 6.21 Å². The van der Waals surface area contributed by atoms with E-state index < -0.39 is 5.91 Å². The Labute approximate surface area is 63.3 Å². The lowest BCUT2D eigenvalue weighted by Crippen LogP contribution is -2.15. The number of amides is 1. The number of aromatic nitrogens is 1. The number of hydrogen-bond donors (Lipinski definition) is 1. The minimum absolute atomic E-state index is 0.401. The van der Waals surface area contributed by atoms with Gasteiger partial charge in [-0.05, 0) is 12.1 Å². The summed E-state index contributed by atoms with van der Waals surface area (Å²) in [4.78, 5) is 14.8. The maximum absolute atomic E-state index is 10.8. The largest absolute Gasteiger partial charge is 0.364 e. The Balaban J connectivity index is 2.55. The molecule has 2 heterocycles. The molecule has 4 heteroatoms. The Morgan fingerprint density at radius 2 is 2.45 bits per heavy atom. The summed E-state index contributed by atoms with van der Waals surface area (Å²) in [5.41, 5.74) is 5.64. The van der Waals surface area contributed by atoms with Crippen molar-refractivity contribution in [1.29, 1.82) is 0 Å². The van der Waals surface area contributed by atoms with Crippen molar-refractivity contribution in [2.75, 3.05) is 0 Å². The molecule has 0 atom stereocenters. The molecule has 2 rings (SSSR count). The van der Waals surface area contributed by atoms with Crippen molar-refractivity contribution in [3.8, 4) is 0 Å². The number of rotatable bonds is 1. The molecule has 2 N–H and O–H groups in total. The van der Waals surface area contributed by atoms with Gasteiger partial charge in [0.05, 0.1) is 6.54 Å². The average molecular weight is 149 g/mol. The van der Waals surface area contributed by atoms with Crippen LogP contribution in [0.15, 0.2) is 17.1 Å². The predicted octanol–water partition coefficient (Wildman–Crippen LogP) is 0.303. The molecule has 1 aromatic heterocycles. The Hall–Kier alpha value is -1.58. The standard InChI is InChI=1S/C7H7N3O/c8-7(11)5-1-2-6-9-3-4-10(5)6/h1-3H,4H2,(H2,8,11). The Bertz CT molecular complexity index is 337. The van der Waals surface area contributed by atoms with E-state index in [1.54, 1.807) is 22.9 Å². The fourth-order valence-electron chi connectivity index (χ4n) is 1.19. The Morgan fingerprint density at radius 3 is 3.18 bits per heavy atom. The van der Waals surface area contributed by atoms with Gasteiger partial charge in [-0.3, -0.25) is 4.79 Å². The molecule has 0 bridgehead atoms. The van der Waals surface area contributed by atoms with Crippen LogP contribution in [-0.2, 0) is 6.54 Å². The first-order valence-electron chi connectivity index (χ1n) is 3.31. The SMILES string of the molecule is NC(=O)c1ccc2n1CC=N2. The van der Waals surface area contributed by atoms with Crippen LogP contribution in [0.3, 0.4) is 0 Å². The number of carbonyl (C=O) groups is 1. The molecular formula is C7H7N3O. The van der Waals surface area contributed by atoms with E-state index in [0.717, 1.165) is 5.82 Å². The Morgan fingerprint density at radius 1 is 1.64 bits per heavy atom. The van der Waals surface area contributed by atoms with Crippen LogP contribution < -0.4 is 5.73 Å². The van der Waals surface area contributed by atoms with Crippen LogP contribution in [0.5, 0.6) is 0 Å². The predicted molar refractivity (Wildman–Crippen MR) is 41.1 cm³/mol. The summed E-state index contributed by atoms with van der Waals surface area (Å²) in [5.74, 6) is 0.403. The molecule has 4 nitrogen and oxygen atoms in total. The molecule has 11 heavy (non-hydrogen) atoms. The van der Waals surface area contributed by atoms with Crippen molar-refractivity contribution in [3.05, 3.63) is 17.8 Å². The van der Waals surface area contributed by atoms with Crippen molar-refractivity contribution in [2.24, 2.45) is 10.7 Å². The minimum atomic E-state index is -0.401. The molecule has 0 unspecified atom stereocenters. The zero-order valence-electron chi connectivity index (χ0n) is 5.82. The van der Waals surface area contributed by atoms with Gasteiger partial charge in [-0.2, -0.15) is 0 Å². The topological polar surface area (TPSA) is 60.4 Å². The maximum atomic E-state index is 10.8. The van der Waals surface area contributed by atoms with Gasteiger partial charge in [-0.1, -0.05) is 0 Å². The smallest absolute Gasteiger partial charge is 0.265 e. The number of nitrogens with two attached hydrogens (primary N) is 1. The molecule has 0 aliphatic carbocycles. The van der Waals surface area contributed by atoms with Crippen LogP contribution in [0, 0.1) is 0 Å². The van der Waals surface area contributed by atoms with Gasteiger partial charge in [-0.15, -0.1) is 0 Å². The minimum Gasteiger partial charge on any atom is -0.364 e. The first-order chi connectivity index (χ1) is 5.29. The highest BCUT2D eigenvalue weighted by atomic mass is 16.1. The van der Waals surface area contributed by atoms with Crippen LogP contribution >= 0.6 is 0 Å². The summed E-state index contributed by atoms with van der Waals surface area (Å²) in [6.45, 7) is 0.653. The van der Waals surface area contributed by atoms with Gasteiger partial charge in [0.2, 0.25) is 0 Å². The number of nitrogens with zero attached hydrogens (tertiary/aromatic N) is 2. The second-order valence-corrected chi connectivity index (χ2v) is 2.36. The summed E-state index contributed by atoms with van der Waals surface area (Å²) in [6, 6.07) is 3.47. The van der Waals surface area contributed by atoms with Crippen LogP contribution in [0.4, 0.5) is 5.82 Å². The van der Waals surface area contributed by atoms with Crippen molar-refractivity contribution in [2.45, 2.75) is 6.54 Å². The van der Waals surface area contributed by atoms with Gasteiger partial charge >= 0.3 is 0 Å². The third-order valence-corrected chi connectivity index (χ3v) is 1.70. The van der Waals surface area contributed by atoms with E-state index in [1.165, 1.54) is 0 Å². The number of carbonyl (C=O) groups excluding carboxylic acids is 1. The van der Waals surface area contributed by atoms with E-state index >= 15 is 0 Å². The van der Waals surface area contributed by atoms with Gasteiger partial charge in [0.25, 0.3) is 5.91 Å². The van der Waals surface area contributed by atoms with E-state index in [1.807, 2.05) is 0 Å². The molecule has 0 radical (unpaired) electrons. The molecule has 1 amide bonds. The molecule has 0 fully saturated rings. The summed E-state index contributed by atoms with van der Waals surface area (Å²) >= 11 is 0. The highest BCUT2D eigenvalue weighted by Gasteiger charge is 2.13. The maximum Gasteiger partial charge on any atom is 0.265 e. The third kappa shape index (κ3) is 0.756. The Kier molecular flexibility index (Phi) is 1.09. The lowest BCUT2D eigenvalue weighted by Gasteiger charge is -1.98. The van der Waals surface area contributed by atoms with Gasteiger partial charge in [-0.25, -0.2) is 4.99 Å². The van der Waals surface area contributed by atoms with Crippen LogP contribution in [0.2, 0.25) is 0 Å². The van der Waals surface area contributed by atoms with Gasteiger partial charge in [0.15, 0.2) is 0 Å². The van der Waals surface area contributed by atoms with Crippen molar-refractivity contribution in [3.63, 3.8) is 0 Å². The fraction of sp³-hybridized carbons (Fsp3) is 0.143. The number of primary amides is 1.